The molecule has 2 N–H and O–H groups in total. The summed E-state index contributed by atoms with van der Waals surface area (Å²) < 4.78 is 6.45. The number of nitrogens with one attached hydrogen (secondary N) is 2. The topological polar surface area (TPSA) is 110 Å². The minimum Gasteiger partial charge on any atom is -0.408 e. The van der Waals surface area contributed by atoms with E-state index in [1.54, 1.807) is 24.3 Å². The van der Waals surface area contributed by atoms with E-state index in [2.05, 4.69) is 10.6 Å². The highest BCUT2D eigenvalue weighted by Gasteiger charge is 2.25. The average Bonchev–Trinajstić information content (AvgIpc) is 3.40. The van der Waals surface area contributed by atoms with Gasteiger partial charge in [0.25, 0.3) is 0 Å². The van der Waals surface area contributed by atoms with E-state index in [9.17, 15) is 19.2 Å². The number of benzene rings is 1. The first-order chi connectivity index (χ1) is 15.5. The molecule has 174 valence electrons. The van der Waals surface area contributed by atoms with E-state index >= 15 is 0 Å². The number of nitrogens with zero attached hydrogens (tertiary/aromatic N) is 1. The van der Waals surface area contributed by atoms with Crippen molar-refractivity contribution >= 4 is 28.7 Å². The molecule has 0 saturated heterocycles. The molecule has 1 heterocycles. The monoisotopic (exact) mass is 443 g/mol. The Kier molecular flexibility index (Phi) is 8.64. The van der Waals surface area contributed by atoms with Crippen LogP contribution in [0.1, 0.15) is 71.1 Å². The van der Waals surface area contributed by atoms with Gasteiger partial charge in [-0.15, -0.1) is 0 Å². The number of fused-ring (bicyclic) bond motifs is 1. The van der Waals surface area contributed by atoms with Crippen LogP contribution in [-0.4, -0.2) is 34.2 Å². The number of ketones is 1. The number of unbranched alkanes of at least 4 members (excludes halogenated alkanes) is 2. The molecule has 32 heavy (non-hydrogen) atoms. The van der Waals surface area contributed by atoms with Gasteiger partial charge in [-0.3, -0.25) is 19.0 Å². The number of carbonyl (C=O) groups is 3. The molecule has 1 fully saturated rings. The fourth-order valence-electron chi connectivity index (χ4n) is 4.21. The van der Waals surface area contributed by atoms with Crippen LogP contribution in [0.4, 0.5) is 0 Å². The molecule has 2 amide bonds. The zero-order valence-corrected chi connectivity index (χ0v) is 18.7. The quantitative estimate of drug-likeness (QED) is 0.490. The van der Waals surface area contributed by atoms with Crippen molar-refractivity contribution in [1.82, 2.24) is 15.2 Å². The zero-order chi connectivity index (χ0) is 22.9. The van der Waals surface area contributed by atoms with Crippen LogP contribution >= 0.6 is 0 Å². The summed E-state index contributed by atoms with van der Waals surface area (Å²) in [5.74, 6) is -0.953. The van der Waals surface area contributed by atoms with Crippen molar-refractivity contribution in [3.05, 3.63) is 34.8 Å². The predicted octanol–water partition coefficient (Wildman–Crippen LogP) is 3.07. The number of hydrogen-bond donors (Lipinski definition) is 2. The summed E-state index contributed by atoms with van der Waals surface area (Å²) in [6.45, 7) is 1.64. The Morgan fingerprint density at radius 2 is 1.88 bits per heavy atom. The van der Waals surface area contributed by atoms with Gasteiger partial charge in [0.05, 0.1) is 5.52 Å². The van der Waals surface area contributed by atoms with Crippen molar-refractivity contribution in [2.45, 2.75) is 89.8 Å². The van der Waals surface area contributed by atoms with Gasteiger partial charge in [-0.2, -0.15) is 0 Å². The molecule has 1 atom stereocenters. The molecule has 0 spiro atoms. The van der Waals surface area contributed by atoms with Crippen LogP contribution < -0.4 is 16.4 Å². The lowest BCUT2D eigenvalue weighted by Crippen LogP contribution is -2.50. The highest BCUT2D eigenvalue weighted by atomic mass is 16.4. The third-order valence-electron chi connectivity index (χ3n) is 6.07. The molecule has 0 bridgehead atoms. The zero-order valence-electron chi connectivity index (χ0n) is 18.7. The van der Waals surface area contributed by atoms with Gasteiger partial charge >= 0.3 is 5.76 Å². The van der Waals surface area contributed by atoms with E-state index in [0.29, 0.717) is 30.4 Å². The van der Waals surface area contributed by atoms with Crippen LogP contribution in [0.15, 0.2) is 33.5 Å². The Bertz CT molecular complexity index is 987. The summed E-state index contributed by atoms with van der Waals surface area (Å²) in [5.41, 5.74) is 0.961. The summed E-state index contributed by atoms with van der Waals surface area (Å²) in [4.78, 5) is 49.2. The average molecular weight is 444 g/mol. The molecule has 8 heteroatoms. The van der Waals surface area contributed by atoms with E-state index < -0.39 is 17.7 Å². The second kappa shape index (κ2) is 11.6. The van der Waals surface area contributed by atoms with E-state index in [1.165, 1.54) is 4.57 Å². The summed E-state index contributed by atoms with van der Waals surface area (Å²) in [6.07, 6.45) is 8.05. The molecular formula is C24H33N3O5. The van der Waals surface area contributed by atoms with Crippen molar-refractivity contribution in [2.75, 3.05) is 0 Å². The Morgan fingerprint density at radius 1 is 1.12 bits per heavy atom. The van der Waals surface area contributed by atoms with Gasteiger partial charge in [0.2, 0.25) is 11.8 Å². The summed E-state index contributed by atoms with van der Waals surface area (Å²) in [6, 6.07) is 6.41. The Morgan fingerprint density at radius 3 is 2.62 bits per heavy atom. The number of amides is 2. The fraction of sp³-hybridized carbons (Fsp3) is 0.583. The highest BCUT2D eigenvalue weighted by Crippen LogP contribution is 2.18. The first kappa shape index (κ1) is 23.8. The number of Topliss-reactive ketones (excluding diaryl/α,β-unsaturated/α-hetero) is 1. The van der Waals surface area contributed by atoms with Crippen LogP contribution in [0, 0.1) is 0 Å². The van der Waals surface area contributed by atoms with Gasteiger partial charge in [-0.1, -0.05) is 44.7 Å². The minimum absolute atomic E-state index is 0.157. The highest BCUT2D eigenvalue weighted by molar-refractivity contribution is 5.88. The number of oxazole rings is 1. The number of aromatic nitrogens is 1. The lowest BCUT2D eigenvalue weighted by Gasteiger charge is -2.21. The molecule has 0 radical (unpaired) electrons. The molecule has 1 unspecified atom stereocenters. The first-order valence-electron chi connectivity index (χ1n) is 11.7. The Labute approximate surface area is 187 Å². The minimum atomic E-state index is -0.668. The summed E-state index contributed by atoms with van der Waals surface area (Å²) >= 11 is 0. The predicted molar refractivity (Wildman–Crippen MR) is 121 cm³/mol. The smallest absolute Gasteiger partial charge is 0.408 e. The summed E-state index contributed by atoms with van der Waals surface area (Å²) in [7, 11) is 0. The largest absolute Gasteiger partial charge is 0.420 e. The maximum absolute atomic E-state index is 12.9. The second-order valence-corrected chi connectivity index (χ2v) is 8.52. The van der Waals surface area contributed by atoms with Gasteiger partial charge in [0.15, 0.2) is 5.58 Å². The SMILES string of the molecule is CCC(=O)CCCCCC(NC(=O)Cn1c(=O)oc2ccccc21)C(=O)NC1CCCC1. The fourth-order valence-corrected chi connectivity index (χ4v) is 4.21. The van der Waals surface area contributed by atoms with Crippen LogP contribution in [0.25, 0.3) is 11.1 Å². The van der Waals surface area contributed by atoms with E-state index in [0.717, 1.165) is 44.9 Å². The van der Waals surface area contributed by atoms with Crippen molar-refractivity contribution in [3.8, 4) is 0 Å². The standard InChI is InChI=1S/C24H33N3O5/c1-2-18(28)12-4-3-5-13-19(23(30)25-17-10-6-7-11-17)26-22(29)16-27-20-14-8-9-15-21(20)32-24(27)31/h8-9,14-15,17,19H,2-7,10-13,16H2,1H3,(H,25,30)(H,26,29). The maximum Gasteiger partial charge on any atom is 0.420 e. The first-order valence-corrected chi connectivity index (χ1v) is 11.7. The second-order valence-electron chi connectivity index (χ2n) is 8.52. The summed E-state index contributed by atoms with van der Waals surface area (Å²) in [5, 5.41) is 5.87. The molecule has 3 rings (SSSR count). The molecule has 1 aliphatic carbocycles. The van der Waals surface area contributed by atoms with Crippen molar-refractivity contribution in [1.29, 1.82) is 0 Å². The molecule has 0 aliphatic heterocycles. The lowest BCUT2D eigenvalue weighted by atomic mass is 10.0. The van der Waals surface area contributed by atoms with Crippen LogP contribution in [-0.2, 0) is 20.9 Å². The van der Waals surface area contributed by atoms with Crippen molar-refractivity contribution in [3.63, 3.8) is 0 Å². The van der Waals surface area contributed by atoms with E-state index in [-0.39, 0.29) is 24.3 Å². The molecule has 1 aliphatic rings. The van der Waals surface area contributed by atoms with Crippen LogP contribution in [0.3, 0.4) is 0 Å². The number of para-hydroxylation sites is 2. The third-order valence-corrected chi connectivity index (χ3v) is 6.07. The number of hydrogen-bond acceptors (Lipinski definition) is 5. The van der Waals surface area contributed by atoms with Gasteiger partial charge in [-0.05, 0) is 37.8 Å². The molecular weight excluding hydrogens is 410 g/mol. The molecule has 1 saturated carbocycles. The van der Waals surface area contributed by atoms with Crippen molar-refractivity contribution < 1.29 is 18.8 Å². The number of carbonyl (C=O) groups excluding carboxylic acids is 3. The maximum atomic E-state index is 12.9. The molecule has 2 aromatic rings. The van der Waals surface area contributed by atoms with Crippen LogP contribution in [0.2, 0.25) is 0 Å². The molecule has 1 aromatic carbocycles. The number of rotatable bonds is 12. The van der Waals surface area contributed by atoms with Crippen LogP contribution in [0.5, 0.6) is 0 Å². The Hall–Kier alpha value is -2.90. The normalized spacial score (nSPS) is 15.0. The van der Waals surface area contributed by atoms with Gasteiger partial charge in [-0.25, -0.2) is 4.79 Å². The lowest BCUT2D eigenvalue weighted by molar-refractivity contribution is -0.129. The molecule has 8 nitrogen and oxygen atoms in total. The van der Waals surface area contributed by atoms with Gasteiger partial charge in [0.1, 0.15) is 18.4 Å². The van der Waals surface area contributed by atoms with E-state index in [1.807, 2.05) is 6.92 Å². The van der Waals surface area contributed by atoms with E-state index in [4.69, 9.17) is 4.42 Å². The van der Waals surface area contributed by atoms with Gasteiger partial charge in [0, 0.05) is 18.9 Å². The molecule has 1 aromatic heterocycles. The third kappa shape index (κ3) is 6.55. The van der Waals surface area contributed by atoms with Crippen molar-refractivity contribution in [2.24, 2.45) is 0 Å². The van der Waals surface area contributed by atoms with Gasteiger partial charge < -0.3 is 15.1 Å². The Balaban J connectivity index is 1.60.